The number of hydrogen-bond donors (Lipinski definition) is 1. The molecule has 0 aliphatic rings. The summed E-state index contributed by atoms with van der Waals surface area (Å²) < 4.78 is 1.54. The Kier molecular flexibility index (Phi) is 3.96. The lowest BCUT2D eigenvalue weighted by Crippen LogP contribution is -2.11. The van der Waals surface area contributed by atoms with Gasteiger partial charge in [0.2, 0.25) is 0 Å². The molecule has 0 aliphatic heterocycles. The van der Waals surface area contributed by atoms with Crippen LogP contribution in [0.2, 0.25) is 0 Å². The number of aromatic nitrogens is 5. The lowest BCUT2D eigenvalue weighted by atomic mass is 10.1. The summed E-state index contributed by atoms with van der Waals surface area (Å²) in [6.07, 6.45) is 1.51. The molecule has 0 fully saturated rings. The first-order valence-electron chi connectivity index (χ1n) is 8.05. The van der Waals surface area contributed by atoms with E-state index in [0.717, 1.165) is 32.7 Å². The molecule has 0 saturated carbocycles. The van der Waals surface area contributed by atoms with Crippen molar-refractivity contribution in [1.29, 1.82) is 0 Å². The zero-order valence-electron chi connectivity index (χ0n) is 14.5. The molecule has 3 aromatic heterocycles. The van der Waals surface area contributed by atoms with E-state index in [9.17, 15) is 4.79 Å². The van der Waals surface area contributed by atoms with Gasteiger partial charge in [0.1, 0.15) is 11.2 Å². The Labute approximate surface area is 153 Å². The highest BCUT2D eigenvalue weighted by molar-refractivity contribution is 7.20. The molecule has 0 atom stereocenters. The molecule has 0 radical (unpaired) electrons. The van der Waals surface area contributed by atoms with Gasteiger partial charge in [0.25, 0.3) is 5.91 Å². The van der Waals surface area contributed by atoms with E-state index in [1.54, 1.807) is 0 Å². The summed E-state index contributed by atoms with van der Waals surface area (Å²) in [6.45, 7) is 5.98. The molecule has 130 valence electrons. The Morgan fingerprint density at radius 1 is 1.19 bits per heavy atom. The van der Waals surface area contributed by atoms with Crippen LogP contribution in [-0.4, -0.2) is 31.1 Å². The fraction of sp³-hybridized carbons (Fsp3) is 0.167. The van der Waals surface area contributed by atoms with Crippen molar-refractivity contribution in [2.45, 2.75) is 20.8 Å². The fourth-order valence-corrected chi connectivity index (χ4v) is 4.23. The van der Waals surface area contributed by atoms with Gasteiger partial charge in [-0.15, -0.1) is 16.4 Å². The van der Waals surface area contributed by atoms with E-state index in [0.29, 0.717) is 10.6 Å². The minimum absolute atomic E-state index is 0.142. The van der Waals surface area contributed by atoms with E-state index in [-0.39, 0.29) is 5.91 Å². The molecular formula is C18H16N6OS. The molecule has 0 saturated heterocycles. The number of benzene rings is 1. The first-order valence-corrected chi connectivity index (χ1v) is 8.86. The molecule has 0 aliphatic carbocycles. The third-order valence-electron chi connectivity index (χ3n) is 4.15. The number of hydrogen-bond acceptors (Lipinski definition) is 6. The van der Waals surface area contributed by atoms with Crippen LogP contribution in [0.3, 0.4) is 0 Å². The second-order valence-electron chi connectivity index (χ2n) is 6.08. The van der Waals surface area contributed by atoms with Gasteiger partial charge in [-0.05, 0) is 66.6 Å². The average Bonchev–Trinajstić information content (AvgIpc) is 3.23. The van der Waals surface area contributed by atoms with Crippen molar-refractivity contribution in [3.63, 3.8) is 0 Å². The van der Waals surface area contributed by atoms with Crippen LogP contribution in [-0.2, 0) is 0 Å². The minimum Gasteiger partial charge on any atom is -0.321 e. The molecule has 3 heterocycles. The average molecular weight is 364 g/mol. The summed E-state index contributed by atoms with van der Waals surface area (Å²) in [7, 11) is 0. The maximum Gasteiger partial charge on any atom is 0.266 e. The summed E-state index contributed by atoms with van der Waals surface area (Å²) in [6, 6.07) is 9.41. The van der Waals surface area contributed by atoms with Crippen LogP contribution in [0.25, 0.3) is 15.9 Å². The number of rotatable bonds is 3. The Hall–Kier alpha value is -3.13. The van der Waals surface area contributed by atoms with Gasteiger partial charge in [-0.1, -0.05) is 6.07 Å². The van der Waals surface area contributed by atoms with Crippen LogP contribution in [0.5, 0.6) is 0 Å². The van der Waals surface area contributed by atoms with Crippen molar-refractivity contribution < 1.29 is 4.79 Å². The molecule has 1 amide bonds. The van der Waals surface area contributed by atoms with Gasteiger partial charge in [-0.3, -0.25) is 4.79 Å². The number of carbonyl (C=O) groups excluding carboxylic acids is 1. The van der Waals surface area contributed by atoms with Gasteiger partial charge in [0, 0.05) is 16.8 Å². The smallest absolute Gasteiger partial charge is 0.266 e. The van der Waals surface area contributed by atoms with Crippen LogP contribution >= 0.6 is 11.3 Å². The SMILES string of the molecule is Cc1cc(C)c2c(C)c(C(=O)Nc3cccc(-n4cnnn4)c3)sc2n1. The molecule has 0 bridgehead atoms. The first-order chi connectivity index (χ1) is 12.5. The molecule has 1 aromatic carbocycles. The quantitative estimate of drug-likeness (QED) is 0.602. The van der Waals surface area contributed by atoms with Gasteiger partial charge >= 0.3 is 0 Å². The number of thiophene rings is 1. The van der Waals surface area contributed by atoms with E-state index in [4.69, 9.17) is 0 Å². The number of carbonyl (C=O) groups is 1. The Morgan fingerprint density at radius 3 is 2.81 bits per heavy atom. The van der Waals surface area contributed by atoms with Crippen molar-refractivity contribution in [2.75, 3.05) is 5.32 Å². The van der Waals surface area contributed by atoms with Crippen molar-refractivity contribution in [3.8, 4) is 5.69 Å². The van der Waals surface area contributed by atoms with Crippen LogP contribution < -0.4 is 5.32 Å². The zero-order valence-corrected chi connectivity index (χ0v) is 15.3. The molecule has 0 unspecified atom stereocenters. The molecule has 1 N–H and O–H groups in total. The third-order valence-corrected chi connectivity index (χ3v) is 5.33. The van der Waals surface area contributed by atoms with Gasteiger partial charge in [-0.25, -0.2) is 9.67 Å². The molecule has 8 heteroatoms. The molecule has 4 rings (SSSR count). The highest BCUT2D eigenvalue weighted by Gasteiger charge is 2.18. The van der Waals surface area contributed by atoms with Crippen molar-refractivity contribution in [3.05, 3.63) is 58.4 Å². The van der Waals surface area contributed by atoms with Gasteiger partial charge in [0.05, 0.1) is 10.6 Å². The van der Waals surface area contributed by atoms with Crippen molar-refractivity contribution >= 4 is 33.1 Å². The lowest BCUT2D eigenvalue weighted by Gasteiger charge is -2.06. The topological polar surface area (TPSA) is 85.6 Å². The standard InChI is InChI=1S/C18H16N6OS/c1-10-7-11(2)20-18-15(10)12(3)16(26-18)17(25)21-13-5-4-6-14(8-13)24-9-19-22-23-24/h4-9H,1-3H3,(H,21,25). The summed E-state index contributed by atoms with van der Waals surface area (Å²) in [5.41, 5.74) is 4.51. The number of tetrazole rings is 1. The van der Waals surface area contributed by atoms with Crippen LogP contribution in [0.4, 0.5) is 5.69 Å². The highest BCUT2D eigenvalue weighted by atomic mass is 32.1. The second-order valence-corrected chi connectivity index (χ2v) is 7.07. The number of pyridine rings is 1. The fourth-order valence-electron chi connectivity index (χ4n) is 3.03. The normalized spacial score (nSPS) is 11.0. The number of amides is 1. The number of nitrogens with zero attached hydrogens (tertiary/aromatic N) is 5. The Bertz CT molecular complexity index is 1120. The number of aryl methyl sites for hydroxylation is 3. The zero-order chi connectivity index (χ0) is 18.3. The monoisotopic (exact) mass is 364 g/mol. The largest absolute Gasteiger partial charge is 0.321 e. The maximum absolute atomic E-state index is 12.8. The van der Waals surface area contributed by atoms with E-state index in [1.165, 1.54) is 22.3 Å². The molecule has 4 aromatic rings. The predicted octanol–water partition coefficient (Wildman–Crippen LogP) is 3.45. The maximum atomic E-state index is 12.8. The predicted molar refractivity (Wildman–Crippen MR) is 101 cm³/mol. The highest BCUT2D eigenvalue weighted by Crippen LogP contribution is 2.32. The third kappa shape index (κ3) is 2.84. The Balaban J connectivity index is 1.67. The molecule has 26 heavy (non-hydrogen) atoms. The van der Waals surface area contributed by atoms with E-state index >= 15 is 0 Å². The first kappa shape index (κ1) is 16.3. The van der Waals surface area contributed by atoms with Crippen molar-refractivity contribution in [1.82, 2.24) is 25.2 Å². The van der Waals surface area contributed by atoms with Crippen LogP contribution in [0.1, 0.15) is 26.5 Å². The minimum atomic E-state index is -0.142. The van der Waals surface area contributed by atoms with Gasteiger partial charge in [-0.2, -0.15) is 0 Å². The van der Waals surface area contributed by atoms with Crippen LogP contribution in [0, 0.1) is 20.8 Å². The molecule has 0 spiro atoms. The van der Waals surface area contributed by atoms with Crippen LogP contribution in [0.15, 0.2) is 36.7 Å². The summed E-state index contributed by atoms with van der Waals surface area (Å²) in [5, 5.41) is 15.1. The van der Waals surface area contributed by atoms with Crippen molar-refractivity contribution in [2.24, 2.45) is 0 Å². The van der Waals surface area contributed by atoms with Gasteiger partial charge in [0.15, 0.2) is 0 Å². The number of anilines is 1. The molecule has 7 nitrogen and oxygen atoms in total. The lowest BCUT2D eigenvalue weighted by molar-refractivity contribution is 0.103. The number of fused-ring (bicyclic) bond motifs is 1. The van der Waals surface area contributed by atoms with Gasteiger partial charge < -0.3 is 5.32 Å². The second kappa shape index (κ2) is 6.30. The Morgan fingerprint density at radius 2 is 2.04 bits per heavy atom. The molecular weight excluding hydrogens is 348 g/mol. The summed E-state index contributed by atoms with van der Waals surface area (Å²) in [5.74, 6) is -0.142. The van der Waals surface area contributed by atoms with E-state index in [1.807, 2.05) is 51.1 Å². The van der Waals surface area contributed by atoms with E-state index < -0.39 is 0 Å². The number of nitrogens with one attached hydrogen (secondary N) is 1. The summed E-state index contributed by atoms with van der Waals surface area (Å²) >= 11 is 1.42. The summed E-state index contributed by atoms with van der Waals surface area (Å²) in [4.78, 5) is 19.0. The van der Waals surface area contributed by atoms with E-state index in [2.05, 4.69) is 25.8 Å².